The fraction of sp³-hybridized carbons (Fsp3) is 0.100. The Morgan fingerprint density at radius 3 is 2.19 bits per heavy atom. The first-order valence-corrected chi connectivity index (χ1v) is 10.8. The highest BCUT2D eigenvalue weighted by Gasteiger charge is 2.22. The molecule has 0 radical (unpaired) electrons. The van der Waals surface area contributed by atoms with E-state index in [1.807, 2.05) is 18.2 Å². The van der Waals surface area contributed by atoms with Gasteiger partial charge in [0.2, 0.25) is 0 Å². The second-order valence-corrected chi connectivity index (χ2v) is 8.32. The number of H-pyrrole nitrogens is 1. The minimum atomic E-state index is -3.74. The molecule has 1 aromatic carbocycles. The fourth-order valence-electron chi connectivity index (χ4n) is 2.97. The molecule has 0 unspecified atom stereocenters. The predicted octanol–water partition coefficient (Wildman–Crippen LogP) is 3.50. The lowest BCUT2D eigenvalue weighted by Crippen LogP contribution is -2.14. The van der Waals surface area contributed by atoms with Crippen molar-refractivity contribution in [2.24, 2.45) is 0 Å². The van der Waals surface area contributed by atoms with E-state index in [1.165, 1.54) is 6.33 Å². The van der Waals surface area contributed by atoms with Crippen LogP contribution in [-0.2, 0) is 10.0 Å². The van der Waals surface area contributed by atoms with Crippen molar-refractivity contribution in [1.29, 1.82) is 0 Å². The quantitative estimate of drug-likeness (QED) is 0.345. The lowest BCUT2D eigenvalue weighted by molar-refractivity contribution is 0.600. The van der Waals surface area contributed by atoms with Crippen molar-refractivity contribution in [3.05, 3.63) is 72.4 Å². The molecule has 0 saturated carbocycles. The standard InChI is InChI=1S/C20H20N8O2S/c1-13-20(14(2)27-26-13)31(29,30)28-16-8-6-15(7-9-16)24-18-11-19(23-12-22-18)25-17-5-3-4-10-21-17/h3-12,28H,1-2H3,(H,26,27)(H2,21,22,23,24,25). The van der Waals surface area contributed by atoms with E-state index in [0.29, 0.717) is 34.5 Å². The van der Waals surface area contributed by atoms with Crippen LogP contribution in [0.1, 0.15) is 11.4 Å². The van der Waals surface area contributed by atoms with Gasteiger partial charge in [0.25, 0.3) is 10.0 Å². The van der Waals surface area contributed by atoms with Crippen LogP contribution in [0.25, 0.3) is 0 Å². The maximum absolute atomic E-state index is 12.7. The number of nitrogens with zero attached hydrogens (tertiary/aromatic N) is 4. The van der Waals surface area contributed by atoms with Crippen molar-refractivity contribution in [2.45, 2.75) is 18.7 Å². The van der Waals surface area contributed by atoms with Gasteiger partial charge in [-0.1, -0.05) is 6.07 Å². The van der Waals surface area contributed by atoms with Gasteiger partial charge < -0.3 is 10.6 Å². The molecule has 0 saturated heterocycles. The molecule has 10 nitrogen and oxygen atoms in total. The van der Waals surface area contributed by atoms with Gasteiger partial charge in [-0.2, -0.15) is 5.10 Å². The number of hydrogen-bond acceptors (Lipinski definition) is 8. The average molecular weight is 437 g/mol. The maximum Gasteiger partial charge on any atom is 0.265 e. The molecule has 0 atom stereocenters. The monoisotopic (exact) mass is 436 g/mol. The zero-order valence-electron chi connectivity index (χ0n) is 16.8. The lowest BCUT2D eigenvalue weighted by atomic mass is 10.3. The van der Waals surface area contributed by atoms with Crippen LogP contribution in [0.2, 0.25) is 0 Å². The van der Waals surface area contributed by atoms with Crippen LogP contribution in [0.15, 0.2) is 66.0 Å². The number of aryl methyl sites for hydroxylation is 2. The van der Waals surface area contributed by atoms with E-state index in [0.717, 1.165) is 5.69 Å². The summed E-state index contributed by atoms with van der Waals surface area (Å²) in [5.74, 6) is 1.84. The Kier molecular flexibility index (Phi) is 5.50. The number of anilines is 5. The topological polar surface area (TPSA) is 138 Å². The predicted molar refractivity (Wildman–Crippen MR) is 118 cm³/mol. The Hall–Kier alpha value is -3.99. The summed E-state index contributed by atoms with van der Waals surface area (Å²) < 4.78 is 27.9. The maximum atomic E-state index is 12.7. The summed E-state index contributed by atoms with van der Waals surface area (Å²) in [5, 5.41) is 12.9. The lowest BCUT2D eigenvalue weighted by Gasteiger charge is -2.11. The van der Waals surface area contributed by atoms with Gasteiger partial charge in [0.1, 0.15) is 28.7 Å². The Bertz CT molecular complexity index is 1270. The van der Waals surface area contributed by atoms with Crippen molar-refractivity contribution in [3.8, 4) is 0 Å². The second-order valence-electron chi connectivity index (χ2n) is 6.70. The van der Waals surface area contributed by atoms with E-state index in [2.05, 4.69) is 40.5 Å². The molecule has 4 N–H and O–H groups in total. The van der Waals surface area contributed by atoms with Crippen LogP contribution in [0.5, 0.6) is 0 Å². The van der Waals surface area contributed by atoms with Gasteiger partial charge in [-0.3, -0.25) is 9.82 Å². The molecule has 31 heavy (non-hydrogen) atoms. The number of rotatable bonds is 7. The van der Waals surface area contributed by atoms with Crippen LogP contribution in [-0.4, -0.2) is 33.6 Å². The first kappa shape index (κ1) is 20.3. The highest BCUT2D eigenvalue weighted by Crippen LogP contribution is 2.23. The van der Waals surface area contributed by atoms with Gasteiger partial charge in [-0.05, 0) is 50.2 Å². The number of benzene rings is 1. The van der Waals surface area contributed by atoms with E-state index < -0.39 is 10.0 Å². The van der Waals surface area contributed by atoms with Crippen LogP contribution < -0.4 is 15.4 Å². The van der Waals surface area contributed by atoms with Gasteiger partial charge in [-0.15, -0.1) is 0 Å². The summed E-state index contributed by atoms with van der Waals surface area (Å²) in [7, 11) is -3.74. The number of hydrogen-bond donors (Lipinski definition) is 4. The molecule has 3 heterocycles. The van der Waals surface area contributed by atoms with E-state index >= 15 is 0 Å². The molecule has 158 valence electrons. The largest absolute Gasteiger partial charge is 0.340 e. The SMILES string of the molecule is Cc1n[nH]c(C)c1S(=O)(=O)Nc1ccc(Nc2cc(Nc3ccccn3)ncn2)cc1. The van der Waals surface area contributed by atoms with Gasteiger partial charge in [0, 0.05) is 23.6 Å². The molecule has 0 spiro atoms. The summed E-state index contributed by atoms with van der Waals surface area (Å²) in [6.07, 6.45) is 3.12. The number of aromatic nitrogens is 5. The van der Waals surface area contributed by atoms with E-state index in [1.54, 1.807) is 50.4 Å². The molecule has 0 aliphatic heterocycles. The molecular formula is C20H20N8O2S. The summed E-state index contributed by atoms with van der Waals surface area (Å²) in [4.78, 5) is 12.7. The second kappa shape index (κ2) is 8.40. The molecule has 0 bridgehead atoms. The van der Waals surface area contributed by atoms with E-state index in [9.17, 15) is 8.42 Å². The van der Waals surface area contributed by atoms with Gasteiger partial charge >= 0.3 is 0 Å². The van der Waals surface area contributed by atoms with Crippen molar-refractivity contribution in [3.63, 3.8) is 0 Å². The van der Waals surface area contributed by atoms with Crippen LogP contribution in [0.4, 0.5) is 28.8 Å². The summed E-state index contributed by atoms with van der Waals surface area (Å²) in [5.41, 5.74) is 2.08. The van der Waals surface area contributed by atoms with Gasteiger partial charge in [0.05, 0.1) is 11.4 Å². The Morgan fingerprint density at radius 2 is 1.55 bits per heavy atom. The molecule has 0 aliphatic rings. The molecule has 11 heteroatoms. The first-order valence-electron chi connectivity index (χ1n) is 9.32. The van der Waals surface area contributed by atoms with Crippen molar-refractivity contribution in [2.75, 3.05) is 15.4 Å². The number of pyridine rings is 1. The van der Waals surface area contributed by atoms with Crippen LogP contribution >= 0.6 is 0 Å². The van der Waals surface area contributed by atoms with Crippen molar-refractivity contribution >= 4 is 38.9 Å². The van der Waals surface area contributed by atoms with Gasteiger partial charge in [0.15, 0.2) is 0 Å². The molecule has 0 fully saturated rings. The zero-order chi connectivity index (χ0) is 21.8. The van der Waals surface area contributed by atoms with Gasteiger partial charge in [-0.25, -0.2) is 23.4 Å². The third-order valence-electron chi connectivity index (χ3n) is 4.33. The number of sulfonamides is 1. The average Bonchev–Trinajstić information content (AvgIpc) is 3.09. The first-order chi connectivity index (χ1) is 14.9. The number of nitrogens with one attached hydrogen (secondary N) is 4. The third kappa shape index (κ3) is 4.78. The Balaban J connectivity index is 1.45. The smallest absolute Gasteiger partial charge is 0.265 e. The molecule has 4 aromatic rings. The van der Waals surface area contributed by atoms with Crippen molar-refractivity contribution in [1.82, 2.24) is 25.1 Å². The summed E-state index contributed by atoms with van der Waals surface area (Å²) >= 11 is 0. The number of aromatic amines is 1. The normalized spacial score (nSPS) is 11.2. The molecule has 4 rings (SSSR count). The summed E-state index contributed by atoms with van der Waals surface area (Å²) in [6.45, 7) is 3.31. The van der Waals surface area contributed by atoms with Crippen LogP contribution in [0, 0.1) is 13.8 Å². The fourth-order valence-corrected chi connectivity index (χ4v) is 4.41. The molecule has 0 amide bonds. The highest BCUT2D eigenvalue weighted by molar-refractivity contribution is 7.92. The third-order valence-corrected chi connectivity index (χ3v) is 5.97. The molecular weight excluding hydrogens is 416 g/mol. The highest BCUT2D eigenvalue weighted by atomic mass is 32.2. The van der Waals surface area contributed by atoms with E-state index in [-0.39, 0.29) is 4.90 Å². The van der Waals surface area contributed by atoms with Crippen LogP contribution in [0.3, 0.4) is 0 Å². The minimum absolute atomic E-state index is 0.156. The summed E-state index contributed by atoms with van der Waals surface area (Å²) in [6, 6.07) is 14.1. The molecule has 0 aliphatic carbocycles. The van der Waals surface area contributed by atoms with Crippen molar-refractivity contribution < 1.29 is 8.42 Å². The minimum Gasteiger partial charge on any atom is -0.340 e. The Labute approximate surface area is 179 Å². The van der Waals surface area contributed by atoms with E-state index in [4.69, 9.17) is 0 Å². The Morgan fingerprint density at radius 1 is 0.839 bits per heavy atom. The zero-order valence-corrected chi connectivity index (χ0v) is 17.6. The molecule has 3 aromatic heterocycles.